The van der Waals surface area contributed by atoms with Crippen molar-refractivity contribution in [1.29, 1.82) is 0 Å². The molecule has 0 heterocycles. The van der Waals surface area contributed by atoms with E-state index in [0.717, 1.165) is 31.1 Å². The Hall–Kier alpha value is -0.370. The van der Waals surface area contributed by atoms with Crippen molar-refractivity contribution in [2.45, 2.75) is 44.1 Å². The molecule has 78 valence electrons. The van der Waals surface area contributed by atoms with Crippen LogP contribution in [0.15, 0.2) is 4.99 Å². The summed E-state index contributed by atoms with van der Waals surface area (Å²) in [5.74, 6) is 2.12. The van der Waals surface area contributed by atoms with E-state index in [2.05, 4.69) is 4.99 Å². The van der Waals surface area contributed by atoms with Gasteiger partial charge in [0.15, 0.2) is 0 Å². The van der Waals surface area contributed by atoms with Crippen LogP contribution in [0.1, 0.15) is 38.5 Å². The average molecular weight is 193 g/mol. The van der Waals surface area contributed by atoms with Crippen LogP contribution >= 0.6 is 0 Å². The predicted octanol–water partition coefficient (Wildman–Crippen LogP) is 2.02. The van der Waals surface area contributed by atoms with Crippen LogP contribution in [0.4, 0.5) is 0 Å². The first-order chi connectivity index (χ1) is 6.68. The van der Waals surface area contributed by atoms with Crippen molar-refractivity contribution in [2.24, 2.45) is 22.7 Å². The quantitative estimate of drug-likeness (QED) is 0.627. The minimum atomic E-state index is -0.317. The molecule has 4 rings (SSSR count). The fraction of sp³-hybridized carbons (Fsp3) is 0.917. The van der Waals surface area contributed by atoms with Crippen molar-refractivity contribution < 1.29 is 5.11 Å². The third kappa shape index (κ3) is 1.23. The van der Waals surface area contributed by atoms with Gasteiger partial charge in [0.05, 0.1) is 5.60 Å². The highest BCUT2D eigenvalue weighted by Gasteiger charge is 2.49. The molecule has 4 aliphatic rings. The number of hydrogen-bond donors (Lipinski definition) is 1. The largest absolute Gasteiger partial charge is 0.390 e. The summed E-state index contributed by atoms with van der Waals surface area (Å²) in [4.78, 5) is 4.44. The summed E-state index contributed by atoms with van der Waals surface area (Å²) in [5.41, 5.74) is 1.08. The van der Waals surface area contributed by atoms with Crippen LogP contribution in [0.5, 0.6) is 0 Å². The topological polar surface area (TPSA) is 32.6 Å². The third-order valence-electron chi connectivity index (χ3n) is 4.50. The van der Waals surface area contributed by atoms with Crippen LogP contribution < -0.4 is 0 Å². The van der Waals surface area contributed by atoms with Crippen LogP contribution in [0.25, 0.3) is 0 Å². The summed E-state index contributed by atoms with van der Waals surface area (Å²) in [6, 6.07) is 0. The molecule has 0 amide bonds. The monoisotopic (exact) mass is 193 g/mol. The van der Waals surface area contributed by atoms with E-state index in [1.165, 1.54) is 25.0 Å². The van der Waals surface area contributed by atoms with Crippen LogP contribution in [0.3, 0.4) is 0 Å². The minimum absolute atomic E-state index is 0.317. The zero-order chi connectivity index (χ0) is 9.76. The molecule has 2 nitrogen and oxygen atoms in total. The molecule has 4 atom stereocenters. The second-order valence-corrected chi connectivity index (χ2v) is 5.66. The Morgan fingerprint density at radius 3 is 2.71 bits per heavy atom. The zero-order valence-electron chi connectivity index (χ0n) is 8.87. The lowest BCUT2D eigenvalue weighted by Gasteiger charge is -2.44. The summed E-state index contributed by atoms with van der Waals surface area (Å²) in [6.45, 7) is 0. The van der Waals surface area contributed by atoms with Crippen molar-refractivity contribution in [3.8, 4) is 0 Å². The molecular formula is C12H19NO. The van der Waals surface area contributed by atoms with Crippen molar-refractivity contribution in [3.05, 3.63) is 0 Å². The Labute approximate surface area is 85.4 Å². The molecule has 0 saturated heterocycles. The number of aliphatic imine (C=N–C) groups is 1. The van der Waals surface area contributed by atoms with Gasteiger partial charge in [-0.15, -0.1) is 0 Å². The molecule has 0 aliphatic heterocycles. The van der Waals surface area contributed by atoms with E-state index in [-0.39, 0.29) is 5.60 Å². The summed E-state index contributed by atoms with van der Waals surface area (Å²) >= 11 is 0. The molecule has 0 radical (unpaired) electrons. The summed E-state index contributed by atoms with van der Waals surface area (Å²) in [5, 5.41) is 10.4. The smallest absolute Gasteiger partial charge is 0.0659 e. The van der Waals surface area contributed by atoms with Crippen LogP contribution in [-0.4, -0.2) is 23.5 Å². The predicted molar refractivity (Wildman–Crippen MR) is 56.5 cm³/mol. The molecule has 14 heavy (non-hydrogen) atoms. The van der Waals surface area contributed by atoms with E-state index in [9.17, 15) is 5.11 Å². The van der Waals surface area contributed by atoms with Gasteiger partial charge in [-0.25, -0.2) is 0 Å². The van der Waals surface area contributed by atoms with Gasteiger partial charge < -0.3 is 5.11 Å². The van der Waals surface area contributed by atoms with E-state index in [1.807, 2.05) is 7.05 Å². The van der Waals surface area contributed by atoms with Gasteiger partial charge in [-0.2, -0.15) is 0 Å². The molecule has 4 saturated carbocycles. The molecule has 2 heteroatoms. The van der Waals surface area contributed by atoms with Crippen molar-refractivity contribution in [2.75, 3.05) is 7.05 Å². The van der Waals surface area contributed by atoms with Crippen LogP contribution in [0, 0.1) is 17.8 Å². The van der Waals surface area contributed by atoms with Crippen LogP contribution in [0.2, 0.25) is 0 Å². The SMILES string of the molecule is CN=C1CC2CC3CC1CC(O)(C2)C3. The first kappa shape index (κ1) is 8.90. The minimum Gasteiger partial charge on any atom is -0.390 e. The Morgan fingerprint density at radius 2 is 2.00 bits per heavy atom. The first-order valence-corrected chi connectivity index (χ1v) is 5.86. The molecule has 0 aromatic heterocycles. The maximum atomic E-state index is 10.4. The summed E-state index contributed by atoms with van der Waals surface area (Å²) < 4.78 is 0. The van der Waals surface area contributed by atoms with Gasteiger partial charge in [-0.3, -0.25) is 4.99 Å². The molecule has 1 N–H and O–H groups in total. The molecule has 0 aromatic rings. The van der Waals surface area contributed by atoms with Crippen LogP contribution in [-0.2, 0) is 0 Å². The molecule has 4 fully saturated rings. The maximum Gasteiger partial charge on any atom is 0.0659 e. The summed E-state index contributed by atoms with van der Waals surface area (Å²) in [7, 11) is 1.92. The van der Waals surface area contributed by atoms with Gasteiger partial charge in [0.1, 0.15) is 0 Å². The Bertz CT molecular complexity index is 286. The van der Waals surface area contributed by atoms with Gasteiger partial charge in [-0.1, -0.05) is 0 Å². The lowest BCUT2D eigenvalue weighted by atomic mass is 9.65. The Kier molecular flexibility index (Phi) is 1.79. The van der Waals surface area contributed by atoms with E-state index in [4.69, 9.17) is 0 Å². The molecule has 4 aliphatic carbocycles. The number of nitrogens with zero attached hydrogens (tertiary/aromatic N) is 1. The first-order valence-electron chi connectivity index (χ1n) is 5.86. The zero-order valence-corrected chi connectivity index (χ0v) is 8.87. The average Bonchev–Trinajstić information content (AvgIpc) is 2.26. The molecule has 4 bridgehead atoms. The lowest BCUT2D eigenvalue weighted by molar-refractivity contribution is -0.0678. The highest BCUT2D eigenvalue weighted by atomic mass is 16.3. The third-order valence-corrected chi connectivity index (χ3v) is 4.50. The molecule has 0 spiro atoms. The highest BCUT2D eigenvalue weighted by Crippen LogP contribution is 2.52. The standard InChI is InChI=1S/C12H19NO/c1-13-11-4-9-2-8-3-10(11)7-12(14,5-8)6-9/h8-10,14H,2-7H2,1H3. The van der Waals surface area contributed by atoms with Gasteiger partial charge in [-0.05, 0) is 56.3 Å². The van der Waals surface area contributed by atoms with E-state index >= 15 is 0 Å². The fourth-order valence-corrected chi connectivity index (χ4v) is 4.23. The normalized spacial score (nSPS) is 53.9. The Morgan fingerprint density at radius 1 is 1.21 bits per heavy atom. The molecule has 0 aromatic carbocycles. The number of aliphatic hydroxyl groups is 1. The highest BCUT2D eigenvalue weighted by molar-refractivity contribution is 5.87. The van der Waals surface area contributed by atoms with Gasteiger partial charge in [0.25, 0.3) is 0 Å². The Balaban J connectivity index is 1.99. The second-order valence-electron chi connectivity index (χ2n) is 5.66. The van der Waals surface area contributed by atoms with E-state index in [1.54, 1.807) is 0 Å². The fourth-order valence-electron chi connectivity index (χ4n) is 4.23. The van der Waals surface area contributed by atoms with Crippen molar-refractivity contribution >= 4 is 5.71 Å². The lowest BCUT2D eigenvalue weighted by Crippen LogP contribution is -2.43. The number of fused-ring (bicyclic) bond motifs is 1. The molecule has 4 unspecified atom stereocenters. The number of hydrogen-bond acceptors (Lipinski definition) is 2. The molecular weight excluding hydrogens is 174 g/mol. The summed E-state index contributed by atoms with van der Waals surface area (Å²) in [6.07, 6.45) is 6.91. The van der Waals surface area contributed by atoms with Gasteiger partial charge in [0.2, 0.25) is 0 Å². The van der Waals surface area contributed by atoms with Gasteiger partial charge >= 0.3 is 0 Å². The number of rotatable bonds is 0. The van der Waals surface area contributed by atoms with Crippen molar-refractivity contribution in [3.63, 3.8) is 0 Å². The van der Waals surface area contributed by atoms with E-state index in [0.29, 0.717) is 5.92 Å². The second kappa shape index (κ2) is 2.82. The van der Waals surface area contributed by atoms with Crippen molar-refractivity contribution in [1.82, 2.24) is 0 Å². The van der Waals surface area contributed by atoms with Gasteiger partial charge in [0, 0.05) is 12.8 Å². The van der Waals surface area contributed by atoms with E-state index < -0.39 is 0 Å². The maximum absolute atomic E-state index is 10.4.